The molecular weight excluding hydrogens is 505 g/mol. The summed E-state index contributed by atoms with van der Waals surface area (Å²) in [7, 11) is -0.461. The highest BCUT2D eigenvalue weighted by molar-refractivity contribution is 7.93. The van der Waals surface area contributed by atoms with Gasteiger partial charge in [0, 0.05) is 69.9 Å². The van der Waals surface area contributed by atoms with Crippen LogP contribution in [0.15, 0.2) is 33.0 Å². The first kappa shape index (κ1) is 28.1. The summed E-state index contributed by atoms with van der Waals surface area (Å²) in [4.78, 5) is 20.2. The molecule has 2 aliphatic rings. The minimum atomic E-state index is -2.09. The minimum Gasteiger partial charge on any atom is -0.440 e. The molecule has 0 radical (unpaired) electrons. The third-order valence-electron chi connectivity index (χ3n) is 7.51. The van der Waals surface area contributed by atoms with E-state index in [0.717, 1.165) is 11.3 Å². The smallest absolute Gasteiger partial charge is 0.224 e. The molecule has 2 heterocycles. The van der Waals surface area contributed by atoms with Crippen molar-refractivity contribution in [1.82, 2.24) is 10.3 Å². The minimum absolute atomic E-state index is 0.0902. The van der Waals surface area contributed by atoms with Crippen LogP contribution >= 0.6 is 0 Å². The van der Waals surface area contributed by atoms with Crippen LogP contribution in [-0.2, 0) is 19.9 Å². The second kappa shape index (κ2) is 11.0. The van der Waals surface area contributed by atoms with Gasteiger partial charge in [-0.3, -0.25) is 4.79 Å². The van der Waals surface area contributed by atoms with Gasteiger partial charge in [-0.1, -0.05) is 20.8 Å². The fourth-order valence-corrected chi connectivity index (χ4v) is 6.76. The molecule has 0 spiro atoms. The highest BCUT2D eigenvalue weighted by Gasteiger charge is 2.40. The first-order chi connectivity index (χ1) is 17.9. The molecule has 1 aliphatic heterocycles. The number of aromatic nitrogens is 1. The van der Waals surface area contributed by atoms with E-state index in [0.29, 0.717) is 54.8 Å². The van der Waals surface area contributed by atoms with Crippen LogP contribution in [0.1, 0.15) is 64.5 Å². The molecule has 1 aromatic heterocycles. The number of halogens is 1. The molecular formula is C28H38FN5O3S. The Hall–Kier alpha value is -2.93. The first-order valence-electron chi connectivity index (χ1n) is 13.3. The summed E-state index contributed by atoms with van der Waals surface area (Å²) in [5, 5.41) is 11.9. The van der Waals surface area contributed by atoms with Gasteiger partial charge in [-0.25, -0.2) is 17.9 Å². The Labute approximate surface area is 225 Å². The highest BCUT2D eigenvalue weighted by Crippen LogP contribution is 2.44. The largest absolute Gasteiger partial charge is 0.440 e. The van der Waals surface area contributed by atoms with Gasteiger partial charge in [0.05, 0.1) is 11.8 Å². The van der Waals surface area contributed by atoms with E-state index in [1.54, 1.807) is 14.0 Å². The number of hydrogen-bond acceptors (Lipinski definition) is 7. The predicted octanol–water partition coefficient (Wildman–Crippen LogP) is 4.81. The van der Waals surface area contributed by atoms with E-state index in [-0.39, 0.29) is 23.7 Å². The number of nitrogens with zero attached hydrogens (tertiary/aromatic N) is 4. The van der Waals surface area contributed by atoms with Crippen molar-refractivity contribution >= 4 is 21.3 Å². The van der Waals surface area contributed by atoms with Crippen molar-refractivity contribution < 1.29 is 17.8 Å². The lowest BCUT2D eigenvalue weighted by molar-refractivity contribution is -0.127. The van der Waals surface area contributed by atoms with E-state index in [1.165, 1.54) is 0 Å². The van der Waals surface area contributed by atoms with Crippen molar-refractivity contribution in [2.24, 2.45) is 10.3 Å². The topological polar surface area (TPSA) is 112 Å². The average molecular weight is 544 g/mol. The zero-order valence-electron chi connectivity index (χ0n) is 22.9. The third-order valence-corrected chi connectivity index (χ3v) is 9.82. The Balaban J connectivity index is 1.67. The van der Waals surface area contributed by atoms with Gasteiger partial charge in [0.2, 0.25) is 11.8 Å². The van der Waals surface area contributed by atoms with E-state index in [9.17, 15) is 13.4 Å². The number of hydrogen-bond donors (Lipinski definition) is 1. The van der Waals surface area contributed by atoms with Crippen molar-refractivity contribution in [3.05, 3.63) is 35.9 Å². The SMILES string of the molecule is CN=S1(=O)CCN(c2ccc(-c3oc(C(C)(C)C)nc3[C@@H]3CC[C@H](F)C[C@H]3C(=O)N[C@@H](C)C#N)cc2)CC1. The maximum Gasteiger partial charge on any atom is 0.224 e. The Kier molecular flexibility index (Phi) is 8.17. The van der Waals surface area contributed by atoms with Gasteiger partial charge >= 0.3 is 0 Å². The molecule has 10 heteroatoms. The molecule has 8 nitrogen and oxygen atoms in total. The highest BCUT2D eigenvalue weighted by atomic mass is 32.2. The third kappa shape index (κ3) is 6.04. The Bertz CT molecular complexity index is 1300. The Morgan fingerprint density at radius 3 is 2.50 bits per heavy atom. The van der Waals surface area contributed by atoms with Crippen molar-refractivity contribution in [3.63, 3.8) is 0 Å². The predicted molar refractivity (Wildman–Crippen MR) is 147 cm³/mol. The Morgan fingerprint density at radius 1 is 1.26 bits per heavy atom. The molecule has 1 amide bonds. The number of oxazole rings is 1. The van der Waals surface area contributed by atoms with Crippen molar-refractivity contribution in [2.75, 3.05) is 36.5 Å². The van der Waals surface area contributed by atoms with Gasteiger partial charge in [0.25, 0.3) is 0 Å². The molecule has 4 atom stereocenters. The second-order valence-electron chi connectivity index (χ2n) is 11.4. The molecule has 0 unspecified atom stereocenters. The number of nitrogens with one attached hydrogen (secondary N) is 1. The van der Waals surface area contributed by atoms with Gasteiger partial charge in [0.15, 0.2) is 5.76 Å². The lowest BCUT2D eigenvalue weighted by Gasteiger charge is -2.32. The molecule has 206 valence electrons. The maximum atomic E-state index is 14.5. The fraction of sp³-hybridized carbons (Fsp3) is 0.607. The van der Waals surface area contributed by atoms with Crippen LogP contribution in [0.25, 0.3) is 11.3 Å². The lowest BCUT2D eigenvalue weighted by Crippen LogP contribution is -2.41. The second-order valence-corrected chi connectivity index (χ2v) is 14.1. The molecule has 1 aromatic carbocycles. The number of anilines is 1. The van der Waals surface area contributed by atoms with Crippen LogP contribution < -0.4 is 10.2 Å². The number of rotatable bonds is 5. The van der Waals surface area contributed by atoms with E-state index in [1.807, 2.05) is 51.1 Å². The van der Waals surface area contributed by atoms with Gasteiger partial charge in [-0.2, -0.15) is 5.26 Å². The fourth-order valence-electron chi connectivity index (χ4n) is 5.18. The van der Waals surface area contributed by atoms with Crippen LogP contribution in [0, 0.1) is 17.2 Å². The molecule has 1 saturated carbocycles. The van der Waals surface area contributed by atoms with Gasteiger partial charge in [0.1, 0.15) is 12.2 Å². The van der Waals surface area contributed by atoms with Crippen LogP contribution in [0.5, 0.6) is 0 Å². The van der Waals surface area contributed by atoms with Gasteiger partial charge in [-0.05, 0) is 50.5 Å². The molecule has 4 rings (SSSR count). The summed E-state index contributed by atoms with van der Waals surface area (Å²) in [5.74, 6) is 0.977. The summed E-state index contributed by atoms with van der Waals surface area (Å²) in [6.07, 6.45) is -0.166. The average Bonchev–Trinajstić information content (AvgIpc) is 3.35. The number of nitriles is 1. The van der Waals surface area contributed by atoms with Gasteiger partial charge in [-0.15, -0.1) is 0 Å². The molecule has 1 aliphatic carbocycles. The molecule has 0 bridgehead atoms. The first-order valence-corrected chi connectivity index (χ1v) is 15.1. The van der Waals surface area contributed by atoms with E-state index >= 15 is 0 Å². The maximum absolute atomic E-state index is 14.5. The quantitative estimate of drug-likeness (QED) is 0.580. The summed E-state index contributed by atoms with van der Waals surface area (Å²) < 4.78 is 37.5. The lowest BCUT2D eigenvalue weighted by atomic mass is 9.75. The Morgan fingerprint density at radius 2 is 1.92 bits per heavy atom. The number of alkyl halides is 1. The van der Waals surface area contributed by atoms with Crippen molar-refractivity contribution in [3.8, 4) is 17.4 Å². The molecule has 2 fully saturated rings. The molecule has 38 heavy (non-hydrogen) atoms. The van der Waals surface area contributed by atoms with Crippen LogP contribution in [0.2, 0.25) is 0 Å². The number of carbonyl (C=O) groups excluding carboxylic acids is 1. The number of benzene rings is 1. The van der Waals surface area contributed by atoms with E-state index in [4.69, 9.17) is 14.7 Å². The summed E-state index contributed by atoms with van der Waals surface area (Å²) in [6.45, 7) is 9.03. The standard InChI is InChI=1S/C28H38FN5O3S/c1-18(17-30)32-26(35)23-16-20(29)8-11-22(23)24-25(37-27(33-24)28(2,3)4)19-6-9-21(10-7-19)34-12-14-38(36,31-5)15-13-34/h6-7,9-10,18,20,22-23H,8,11-16H2,1-5H3,(H,32,35)/t18-,20-,22+,23+/m0/s1. The van der Waals surface area contributed by atoms with Crippen LogP contribution in [-0.4, -0.2) is 59.0 Å². The molecule has 1 saturated heterocycles. The van der Waals surface area contributed by atoms with Crippen LogP contribution in [0.4, 0.5) is 10.1 Å². The van der Waals surface area contributed by atoms with Crippen molar-refractivity contribution in [1.29, 1.82) is 5.26 Å². The molecule has 2 aromatic rings. The summed E-state index contributed by atoms with van der Waals surface area (Å²) in [6, 6.07) is 9.36. The molecule has 1 N–H and O–H groups in total. The summed E-state index contributed by atoms with van der Waals surface area (Å²) in [5.41, 5.74) is 2.18. The normalized spacial score (nSPS) is 24.3. The van der Waals surface area contributed by atoms with E-state index in [2.05, 4.69) is 14.6 Å². The number of amides is 1. The van der Waals surface area contributed by atoms with Crippen LogP contribution in [0.3, 0.4) is 0 Å². The monoisotopic (exact) mass is 543 g/mol. The zero-order chi connectivity index (χ0) is 27.7. The summed E-state index contributed by atoms with van der Waals surface area (Å²) >= 11 is 0. The van der Waals surface area contributed by atoms with Crippen molar-refractivity contribution in [2.45, 2.75) is 70.5 Å². The number of carbonyl (C=O) groups is 1. The zero-order valence-corrected chi connectivity index (χ0v) is 23.7. The van der Waals surface area contributed by atoms with E-state index < -0.39 is 27.9 Å². The van der Waals surface area contributed by atoms with Gasteiger partial charge < -0.3 is 14.6 Å².